The van der Waals surface area contributed by atoms with Crippen molar-refractivity contribution in [2.45, 2.75) is 18.9 Å². The molecule has 1 aromatic rings. The van der Waals surface area contributed by atoms with Gasteiger partial charge in [-0.3, -0.25) is 10.1 Å². The Morgan fingerprint density at radius 1 is 1.68 bits per heavy atom. The topological polar surface area (TPSA) is 129 Å². The minimum atomic E-state index is -1.02. The van der Waals surface area contributed by atoms with E-state index in [1.54, 1.807) is 6.07 Å². The molecule has 1 aromatic heterocycles. The third-order valence-electron chi connectivity index (χ3n) is 2.86. The van der Waals surface area contributed by atoms with Crippen LogP contribution in [-0.2, 0) is 4.79 Å². The first kappa shape index (κ1) is 12.8. The number of hydrogen-bond acceptors (Lipinski definition) is 6. The van der Waals surface area contributed by atoms with Gasteiger partial charge in [0.25, 0.3) is 5.69 Å². The number of hydrogen-bond donors (Lipinski definition) is 2. The van der Waals surface area contributed by atoms with E-state index in [2.05, 4.69) is 10.3 Å². The van der Waals surface area contributed by atoms with Crippen molar-refractivity contribution in [2.75, 3.05) is 5.32 Å². The Labute approximate surface area is 107 Å². The van der Waals surface area contributed by atoms with Crippen LogP contribution in [0.4, 0.5) is 11.5 Å². The molecule has 0 amide bonds. The molecule has 1 aliphatic carbocycles. The summed E-state index contributed by atoms with van der Waals surface area (Å²) in [5, 5.41) is 31.2. The third-order valence-corrected chi connectivity index (χ3v) is 2.86. The van der Waals surface area contributed by atoms with Crippen LogP contribution in [0.25, 0.3) is 0 Å². The maximum absolute atomic E-state index is 11.1. The minimum Gasteiger partial charge on any atom is -0.480 e. The first-order valence-corrected chi connectivity index (χ1v) is 5.57. The van der Waals surface area contributed by atoms with E-state index in [0.29, 0.717) is 0 Å². The van der Waals surface area contributed by atoms with Gasteiger partial charge >= 0.3 is 5.97 Å². The van der Waals surface area contributed by atoms with E-state index in [0.717, 1.165) is 25.1 Å². The molecule has 0 bridgehead atoms. The molecule has 0 saturated heterocycles. The van der Waals surface area contributed by atoms with E-state index in [-0.39, 0.29) is 23.0 Å². The number of rotatable bonds is 5. The van der Waals surface area contributed by atoms with Crippen molar-refractivity contribution < 1.29 is 14.8 Å². The SMILES string of the molecule is N#Cc1cc([N+](=O)[O-])cnc1NC(C(=O)O)C1CC1. The summed E-state index contributed by atoms with van der Waals surface area (Å²) in [4.78, 5) is 24.8. The summed E-state index contributed by atoms with van der Waals surface area (Å²) >= 11 is 0. The normalized spacial score (nSPS) is 15.3. The molecular formula is C11H10N4O4. The zero-order chi connectivity index (χ0) is 14.0. The van der Waals surface area contributed by atoms with E-state index in [1.165, 1.54) is 0 Å². The summed E-state index contributed by atoms with van der Waals surface area (Å²) in [6.07, 6.45) is 2.60. The Hall–Kier alpha value is -2.69. The van der Waals surface area contributed by atoms with Gasteiger partial charge in [-0.15, -0.1) is 0 Å². The molecule has 0 aliphatic heterocycles. The number of aliphatic carboxylic acids is 1. The lowest BCUT2D eigenvalue weighted by Crippen LogP contribution is -2.32. The number of nitrogens with zero attached hydrogens (tertiary/aromatic N) is 3. The zero-order valence-electron chi connectivity index (χ0n) is 9.74. The van der Waals surface area contributed by atoms with Crippen LogP contribution in [0.15, 0.2) is 12.3 Å². The highest BCUT2D eigenvalue weighted by atomic mass is 16.6. The Morgan fingerprint density at radius 2 is 2.37 bits per heavy atom. The minimum absolute atomic E-state index is 0.0148. The molecule has 1 aliphatic rings. The average Bonchev–Trinajstić information content (AvgIpc) is 3.19. The van der Waals surface area contributed by atoms with E-state index in [4.69, 9.17) is 10.4 Å². The second kappa shape index (κ2) is 4.89. The van der Waals surface area contributed by atoms with Gasteiger partial charge in [-0.05, 0) is 18.8 Å². The standard InChI is InChI=1S/C11H10N4O4/c12-4-7-3-8(15(18)19)5-13-10(7)14-9(11(16)17)6-1-2-6/h3,5-6,9H,1-2H2,(H,13,14)(H,16,17). The molecule has 1 heterocycles. The molecule has 98 valence electrons. The first-order valence-electron chi connectivity index (χ1n) is 5.57. The highest BCUT2D eigenvalue weighted by molar-refractivity contribution is 5.78. The number of anilines is 1. The fourth-order valence-electron chi connectivity index (χ4n) is 1.71. The van der Waals surface area contributed by atoms with Crippen LogP contribution in [0.3, 0.4) is 0 Å². The van der Waals surface area contributed by atoms with Gasteiger partial charge in [0.1, 0.15) is 29.7 Å². The van der Waals surface area contributed by atoms with Gasteiger partial charge < -0.3 is 10.4 Å². The number of carboxylic acids is 1. The molecule has 2 N–H and O–H groups in total. The number of carbonyl (C=O) groups is 1. The number of nitrogens with one attached hydrogen (secondary N) is 1. The Morgan fingerprint density at radius 3 is 2.84 bits per heavy atom. The second-order valence-electron chi connectivity index (χ2n) is 4.26. The molecule has 8 heteroatoms. The van der Waals surface area contributed by atoms with Gasteiger partial charge in [0, 0.05) is 6.07 Å². The Bertz CT molecular complexity index is 577. The summed E-state index contributed by atoms with van der Waals surface area (Å²) < 4.78 is 0. The van der Waals surface area contributed by atoms with Gasteiger partial charge in [0.15, 0.2) is 0 Å². The molecule has 2 rings (SSSR count). The van der Waals surface area contributed by atoms with Crippen LogP contribution in [0.5, 0.6) is 0 Å². The Balaban J connectivity index is 2.27. The lowest BCUT2D eigenvalue weighted by molar-refractivity contribution is -0.385. The molecule has 8 nitrogen and oxygen atoms in total. The van der Waals surface area contributed by atoms with Crippen LogP contribution in [-0.4, -0.2) is 27.0 Å². The summed E-state index contributed by atoms with van der Waals surface area (Å²) in [6.45, 7) is 0. The van der Waals surface area contributed by atoms with Crippen molar-refractivity contribution >= 4 is 17.5 Å². The van der Waals surface area contributed by atoms with E-state index >= 15 is 0 Å². The summed E-state index contributed by atoms with van der Waals surface area (Å²) in [6, 6.07) is 2.02. The summed E-state index contributed by atoms with van der Waals surface area (Å²) in [7, 11) is 0. The van der Waals surface area contributed by atoms with Crippen molar-refractivity contribution in [2.24, 2.45) is 5.92 Å². The van der Waals surface area contributed by atoms with Crippen LogP contribution in [0.1, 0.15) is 18.4 Å². The van der Waals surface area contributed by atoms with Crippen LogP contribution in [0, 0.1) is 27.4 Å². The maximum Gasteiger partial charge on any atom is 0.326 e. The highest BCUT2D eigenvalue weighted by Gasteiger charge is 2.36. The van der Waals surface area contributed by atoms with E-state index in [9.17, 15) is 14.9 Å². The summed E-state index contributed by atoms with van der Waals surface area (Å²) in [5.41, 5.74) is -0.346. The van der Waals surface area contributed by atoms with Crippen LogP contribution in [0.2, 0.25) is 0 Å². The molecule has 1 unspecified atom stereocenters. The smallest absolute Gasteiger partial charge is 0.326 e. The number of pyridine rings is 1. The average molecular weight is 262 g/mol. The van der Waals surface area contributed by atoms with Crippen LogP contribution >= 0.6 is 0 Å². The van der Waals surface area contributed by atoms with Gasteiger partial charge in [0.05, 0.1) is 4.92 Å². The Kier molecular flexibility index (Phi) is 3.29. The van der Waals surface area contributed by atoms with Gasteiger partial charge in [0.2, 0.25) is 0 Å². The quantitative estimate of drug-likeness (QED) is 0.601. The number of carboxylic acid groups (broad SMARTS) is 1. The fraction of sp³-hybridized carbons (Fsp3) is 0.364. The van der Waals surface area contributed by atoms with Crippen molar-refractivity contribution in [3.63, 3.8) is 0 Å². The second-order valence-corrected chi connectivity index (χ2v) is 4.26. The molecule has 1 atom stereocenters. The molecule has 0 radical (unpaired) electrons. The zero-order valence-corrected chi connectivity index (χ0v) is 9.74. The lowest BCUT2D eigenvalue weighted by Gasteiger charge is -2.14. The molecule has 0 spiro atoms. The van der Waals surface area contributed by atoms with Crippen molar-refractivity contribution in [3.05, 3.63) is 27.9 Å². The predicted octanol–water partition coefficient (Wildman–Crippen LogP) is 1.14. The predicted molar refractivity (Wildman–Crippen MR) is 63.4 cm³/mol. The van der Waals surface area contributed by atoms with E-state index < -0.39 is 16.9 Å². The molecule has 1 saturated carbocycles. The largest absolute Gasteiger partial charge is 0.480 e. The fourth-order valence-corrected chi connectivity index (χ4v) is 1.71. The van der Waals surface area contributed by atoms with Gasteiger partial charge in [-0.2, -0.15) is 5.26 Å². The first-order chi connectivity index (χ1) is 9.02. The monoisotopic (exact) mass is 262 g/mol. The molecular weight excluding hydrogens is 252 g/mol. The molecule has 1 fully saturated rings. The van der Waals surface area contributed by atoms with Crippen LogP contribution < -0.4 is 5.32 Å². The maximum atomic E-state index is 11.1. The van der Waals surface area contributed by atoms with Crippen molar-refractivity contribution in [1.82, 2.24) is 4.98 Å². The molecule has 0 aromatic carbocycles. The van der Waals surface area contributed by atoms with Crippen molar-refractivity contribution in [3.8, 4) is 6.07 Å². The third kappa shape index (κ3) is 2.77. The molecule has 19 heavy (non-hydrogen) atoms. The van der Waals surface area contributed by atoms with Gasteiger partial charge in [-0.25, -0.2) is 9.78 Å². The number of aromatic nitrogens is 1. The van der Waals surface area contributed by atoms with E-state index in [1.807, 2.05) is 0 Å². The van der Waals surface area contributed by atoms with Gasteiger partial charge in [-0.1, -0.05) is 0 Å². The summed E-state index contributed by atoms with van der Waals surface area (Å²) in [5.74, 6) is -0.944. The lowest BCUT2D eigenvalue weighted by atomic mass is 10.1. The number of nitro groups is 1. The number of nitriles is 1. The highest BCUT2D eigenvalue weighted by Crippen LogP contribution is 2.34. The van der Waals surface area contributed by atoms with Crippen molar-refractivity contribution in [1.29, 1.82) is 5.26 Å².